The van der Waals surface area contributed by atoms with Gasteiger partial charge >= 0.3 is 0 Å². The molecule has 1 aliphatic rings. The Labute approximate surface area is 162 Å². The maximum absolute atomic E-state index is 12.3. The molecule has 0 atom stereocenters. The van der Waals surface area contributed by atoms with E-state index in [9.17, 15) is 4.79 Å². The van der Waals surface area contributed by atoms with Crippen LogP contribution in [-0.2, 0) is 4.79 Å². The smallest absolute Gasteiger partial charge is 0.230 e. The summed E-state index contributed by atoms with van der Waals surface area (Å²) in [5, 5.41) is 9.28. The first-order valence-corrected chi connectivity index (χ1v) is 10.4. The average Bonchev–Trinajstić information content (AvgIpc) is 3.12. The average molecular weight is 382 g/mol. The Hall–Kier alpha value is -2.41. The van der Waals surface area contributed by atoms with Crippen LogP contribution in [0.25, 0.3) is 16.7 Å². The molecule has 2 heterocycles. The number of hydrogen-bond acceptors (Lipinski definition) is 5. The standard InChI is InChI=1S/C20H23N5OS/c1-14-7-9-16(10-8-14)25-19-17(11-23-25)20(22-13-21-19)27-12-18(26)24-15-5-3-2-4-6-15/h7-11,13,15H,2-6,12H2,1H3,(H,24,26). The van der Waals surface area contributed by atoms with Gasteiger partial charge in [-0.3, -0.25) is 4.79 Å². The van der Waals surface area contributed by atoms with E-state index in [4.69, 9.17) is 0 Å². The largest absolute Gasteiger partial charge is 0.353 e. The van der Waals surface area contributed by atoms with Gasteiger partial charge in [-0.05, 0) is 31.9 Å². The molecule has 140 valence electrons. The predicted molar refractivity (Wildman–Crippen MR) is 107 cm³/mol. The minimum atomic E-state index is 0.0737. The normalized spacial score (nSPS) is 15.1. The molecule has 2 aromatic heterocycles. The van der Waals surface area contributed by atoms with E-state index in [0.29, 0.717) is 11.8 Å². The summed E-state index contributed by atoms with van der Waals surface area (Å²) in [5.41, 5.74) is 2.91. The lowest BCUT2D eigenvalue weighted by Gasteiger charge is -2.22. The van der Waals surface area contributed by atoms with Gasteiger partial charge in [0.1, 0.15) is 11.4 Å². The van der Waals surface area contributed by atoms with Crippen LogP contribution in [0.15, 0.2) is 41.8 Å². The van der Waals surface area contributed by atoms with E-state index >= 15 is 0 Å². The van der Waals surface area contributed by atoms with Gasteiger partial charge in [0.2, 0.25) is 5.91 Å². The monoisotopic (exact) mass is 381 g/mol. The van der Waals surface area contributed by atoms with Crippen LogP contribution in [0.4, 0.5) is 0 Å². The fraction of sp³-hybridized carbons (Fsp3) is 0.400. The fourth-order valence-electron chi connectivity index (χ4n) is 3.46. The van der Waals surface area contributed by atoms with Crippen LogP contribution in [0.1, 0.15) is 37.7 Å². The first-order valence-electron chi connectivity index (χ1n) is 9.38. The SMILES string of the molecule is Cc1ccc(-n2ncc3c(SCC(=O)NC4CCCCC4)ncnc32)cc1. The summed E-state index contributed by atoms with van der Waals surface area (Å²) in [4.78, 5) is 21.0. The summed E-state index contributed by atoms with van der Waals surface area (Å²) in [5.74, 6) is 0.433. The van der Waals surface area contributed by atoms with Crippen molar-refractivity contribution < 1.29 is 4.79 Å². The second-order valence-corrected chi connectivity index (χ2v) is 7.96. The molecule has 0 saturated heterocycles. The van der Waals surface area contributed by atoms with Gasteiger partial charge in [-0.1, -0.05) is 48.7 Å². The van der Waals surface area contributed by atoms with E-state index in [0.717, 1.165) is 34.6 Å². The van der Waals surface area contributed by atoms with E-state index in [-0.39, 0.29) is 5.91 Å². The zero-order valence-corrected chi connectivity index (χ0v) is 16.2. The topological polar surface area (TPSA) is 72.7 Å². The maximum Gasteiger partial charge on any atom is 0.230 e. The highest BCUT2D eigenvalue weighted by molar-refractivity contribution is 8.00. The first-order chi connectivity index (χ1) is 13.2. The highest BCUT2D eigenvalue weighted by atomic mass is 32.2. The number of nitrogens with zero attached hydrogens (tertiary/aromatic N) is 4. The van der Waals surface area contributed by atoms with E-state index in [2.05, 4.69) is 39.4 Å². The van der Waals surface area contributed by atoms with Crippen molar-refractivity contribution in [3.8, 4) is 5.69 Å². The maximum atomic E-state index is 12.3. The molecule has 0 spiro atoms. The van der Waals surface area contributed by atoms with Crippen molar-refractivity contribution in [1.29, 1.82) is 0 Å². The zero-order valence-electron chi connectivity index (χ0n) is 15.4. The highest BCUT2D eigenvalue weighted by Crippen LogP contribution is 2.26. The Kier molecular flexibility index (Phi) is 5.38. The molecule has 0 aliphatic heterocycles. The molecule has 0 bridgehead atoms. The summed E-state index contributed by atoms with van der Waals surface area (Å²) in [6.45, 7) is 2.06. The Morgan fingerprint density at radius 3 is 2.74 bits per heavy atom. The molecule has 1 N–H and O–H groups in total. The number of hydrogen-bond donors (Lipinski definition) is 1. The minimum Gasteiger partial charge on any atom is -0.353 e. The fourth-order valence-corrected chi connectivity index (χ4v) is 4.24. The molecule has 27 heavy (non-hydrogen) atoms. The number of benzene rings is 1. The Balaban J connectivity index is 1.48. The van der Waals surface area contributed by atoms with Gasteiger partial charge in [0.25, 0.3) is 0 Å². The zero-order chi connectivity index (χ0) is 18.6. The van der Waals surface area contributed by atoms with E-state index in [1.54, 1.807) is 6.20 Å². The van der Waals surface area contributed by atoms with Crippen molar-refractivity contribution in [1.82, 2.24) is 25.1 Å². The van der Waals surface area contributed by atoms with Crippen molar-refractivity contribution in [2.45, 2.75) is 50.1 Å². The van der Waals surface area contributed by atoms with Crippen LogP contribution in [0.2, 0.25) is 0 Å². The summed E-state index contributed by atoms with van der Waals surface area (Å²) >= 11 is 1.44. The number of rotatable bonds is 5. The summed E-state index contributed by atoms with van der Waals surface area (Å²) < 4.78 is 1.81. The van der Waals surface area contributed by atoms with Gasteiger partial charge in [0.15, 0.2) is 5.65 Å². The van der Waals surface area contributed by atoms with Crippen LogP contribution in [0, 0.1) is 6.92 Å². The second-order valence-electron chi connectivity index (χ2n) is 7.00. The number of aryl methyl sites for hydroxylation is 1. The van der Waals surface area contributed by atoms with Gasteiger partial charge in [-0.2, -0.15) is 5.10 Å². The molecular formula is C20H23N5OS. The van der Waals surface area contributed by atoms with Crippen molar-refractivity contribution >= 4 is 28.7 Å². The number of amides is 1. The molecule has 1 amide bonds. The first kappa shape index (κ1) is 18.0. The number of carbonyl (C=O) groups is 1. The third-order valence-corrected chi connectivity index (χ3v) is 5.92. The van der Waals surface area contributed by atoms with Gasteiger partial charge in [-0.25, -0.2) is 14.6 Å². The molecule has 4 rings (SSSR count). The molecular weight excluding hydrogens is 358 g/mol. The van der Waals surface area contributed by atoms with Crippen molar-refractivity contribution in [2.75, 3.05) is 5.75 Å². The summed E-state index contributed by atoms with van der Waals surface area (Å²) in [6, 6.07) is 8.48. The molecule has 7 heteroatoms. The van der Waals surface area contributed by atoms with Crippen LogP contribution in [-0.4, -0.2) is 37.5 Å². The molecule has 1 aliphatic carbocycles. The van der Waals surface area contributed by atoms with Gasteiger partial charge in [0.05, 0.1) is 23.0 Å². The second kappa shape index (κ2) is 8.08. The van der Waals surface area contributed by atoms with Gasteiger partial charge < -0.3 is 5.32 Å². The van der Waals surface area contributed by atoms with Gasteiger partial charge in [0, 0.05) is 6.04 Å². The molecule has 0 radical (unpaired) electrons. The van der Waals surface area contributed by atoms with Gasteiger partial charge in [-0.15, -0.1) is 0 Å². The van der Waals surface area contributed by atoms with Crippen LogP contribution < -0.4 is 5.32 Å². The van der Waals surface area contributed by atoms with Crippen molar-refractivity contribution in [3.05, 3.63) is 42.4 Å². The molecule has 1 aromatic carbocycles. The summed E-state index contributed by atoms with van der Waals surface area (Å²) in [7, 11) is 0. The molecule has 1 fully saturated rings. The molecule has 3 aromatic rings. The van der Waals surface area contributed by atoms with E-state index in [1.807, 2.05) is 16.8 Å². The van der Waals surface area contributed by atoms with Crippen molar-refractivity contribution in [2.24, 2.45) is 0 Å². The third kappa shape index (κ3) is 4.13. The number of aromatic nitrogens is 4. The van der Waals surface area contributed by atoms with Crippen molar-refractivity contribution in [3.63, 3.8) is 0 Å². The molecule has 0 unspecified atom stereocenters. The lowest BCUT2D eigenvalue weighted by Crippen LogP contribution is -2.37. The predicted octanol–water partition coefficient (Wildman–Crippen LogP) is 3.66. The number of fused-ring (bicyclic) bond motifs is 1. The Morgan fingerprint density at radius 1 is 1.19 bits per heavy atom. The number of nitrogens with one attached hydrogen (secondary N) is 1. The number of thioether (sulfide) groups is 1. The Bertz CT molecular complexity index is 931. The van der Waals surface area contributed by atoms with Crippen LogP contribution >= 0.6 is 11.8 Å². The van der Waals surface area contributed by atoms with E-state index in [1.165, 1.54) is 42.9 Å². The lowest BCUT2D eigenvalue weighted by atomic mass is 9.95. The quantitative estimate of drug-likeness (QED) is 0.539. The number of carbonyl (C=O) groups excluding carboxylic acids is 1. The van der Waals surface area contributed by atoms with Crippen LogP contribution in [0.5, 0.6) is 0 Å². The Morgan fingerprint density at radius 2 is 1.96 bits per heavy atom. The highest BCUT2D eigenvalue weighted by Gasteiger charge is 2.17. The lowest BCUT2D eigenvalue weighted by molar-refractivity contribution is -0.119. The van der Waals surface area contributed by atoms with Crippen LogP contribution in [0.3, 0.4) is 0 Å². The molecule has 1 saturated carbocycles. The summed E-state index contributed by atoms with van der Waals surface area (Å²) in [6.07, 6.45) is 9.21. The molecule has 6 nitrogen and oxygen atoms in total. The van der Waals surface area contributed by atoms with E-state index < -0.39 is 0 Å². The minimum absolute atomic E-state index is 0.0737. The third-order valence-electron chi connectivity index (χ3n) is 4.92.